The van der Waals surface area contributed by atoms with E-state index >= 15 is 0 Å². The molecule has 22 heavy (non-hydrogen) atoms. The molecule has 126 valence electrons. The second-order valence-electron chi connectivity index (χ2n) is 5.53. The summed E-state index contributed by atoms with van der Waals surface area (Å²) in [7, 11) is 2.19. The standard InChI is InChI=1S/C15H27N5S.HI/c1-4-16-15(18-10-14-6-5-9-20(14)3)17-8-7-13-11-21-12(2)19-13;/h11,14H,4-10H2,1-3H3,(H2,16,17,18);1H. The van der Waals surface area contributed by atoms with Crippen molar-refractivity contribution in [1.82, 2.24) is 20.5 Å². The summed E-state index contributed by atoms with van der Waals surface area (Å²) in [5.74, 6) is 0.921. The van der Waals surface area contributed by atoms with Crippen LogP contribution in [0.4, 0.5) is 0 Å². The fourth-order valence-electron chi connectivity index (χ4n) is 2.58. The van der Waals surface area contributed by atoms with Crippen LogP contribution in [-0.4, -0.2) is 55.1 Å². The number of nitrogens with one attached hydrogen (secondary N) is 2. The highest BCUT2D eigenvalue weighted by atomic mass is 127. The quantitative estimate of drug-likeness (QED) is 0.407. The molecule has 1 saturated heterocycles. The maximum absolute atomic E-state index is 4.72. The number of guanidine groups is 1. The van der Waals surface area contributed by atoms with Gasteiger partial charge in [0.2, 0.25) is 0 Å². The molecule has 0 amide bonds. The number of hydrogen-bond donors (Lipinski definition) is 2. The van der Waals surface area contributed by atoms with Crippen LogP contribution in [0.25, 0.3) is 0 Å². The van der Waals surface area contributed by atoms with Crippen molar-refractivity contribution in [1.29, 1.82) is 0 Å². The second-order valence-corrected chi connectivity index (χ2v) is 6.59. The Bertz CT molecular complexity index is 463. The van der Waals surface area contributed by atoms with Crippen LogP contribution in [0, 0.1) is 6.92 Å². The monoisotopic (exact) mass is 437 g/mol. The van der Waals surface area contributed by atoms with Crippen molar-refractivity contribution in [2.75, 3.05) is 33.2 Å². The Morgan fingerprint density at radius 1 is 1.50 bits per heavy atom. The van der Waals surface area contributed by atoms with E-state index in [9.17, 15) is 0 Å². The Hall–Kier alpha value is -0.410. The Labute approximate surface area is 155 Å². The van der Waals surface area contributed by atoms with Gasteiger partial charge in [-0.05, 0) is 40.3 Å². The van der Waals surface area contributed by atoms with Gasteiger partial charge < -0.3 is 15.5 Å². The van der Waals surface area contributed by atoms with E-state index in [2.05, 4.69) is 39.9 Å². The number of aliphatic imine (C=N–C) groups is 1. The summed E-state index contributed by atoms with van der Waals surface area (Å²) in [6.07, 6.45) is 3.50. The zero-order chi connectivity index (χ0) is 15.1. The first-order valence-corrected chi connectivity index (χ1v) is 8.70. The maximum atomic E-state index is 4.72. The molecule has 0 spiro atoms. The zero-order valence-corrected chi connectivity index (χ0v) is 16.9. The van der Waals surface area contributed by atoms with Gasteiger partial charge in [0.25, 0.3) is 0 Å². The normalized spacial score (nSPS) is 19.0. The molecule has 1 aromatic rings. The Morgan fingerprint density at radius 3 is 2.91 bits per heavy atom. The smallest absolute Gasteiger partial charge is 0.191 e. The number of nitrogens with zero attached hydrogens (tertiary/aromatic N) is 3. The van der Waals surface area contributed by atoms with Gasteiger partial charge in [0.05, 0.1) is 17.2 Å². The number of halogens is 1. The molecule has 0 bridgehead atoms. The third-order valence-corrected chi connectivity index (χ3v) is 4.64. The van der Waals surface area contributed by atoms with Crippen LogP contribution in [0.2, 0.25) is 0 Å². The number of likely N-dealkylation sites (N-methyl/N-ethyl adjacent to an activating group) is 1. The highest BCUT2D eigenvalue weighted by Crippen LogP contribution is 2.14. The number of hydrogen-bond acceptors (Lipinski definition) is 4. The topological polar surface area (TPSA) is 52.6 Å². The average molecular weight is 437 g/mol. The molecule has 7 heteroatoms. The summed E-state index contributed by atoms with van der Waals surface area (Å²) >= 11 is 1.71. The van der Waals surface area contributed by atoms with E-state index in [0.717, 1.165) is 42.7 Å². The first kappa shape index (κ1) is 19.6. The lowest BCUT2D eigenvalue weighted by molar-refractivity contribution is 0.317. The molecule has 5 nitrogen and oxygen atoms in total. The summed E-state index contributed by atoms with van der Waals surface area (Å²) in [5, 5.41) is 9.99. The minimum absolute atomic E-state index is 0. The predicted molar refractivity (Wildman–Crippen MR) is 106 cm³/mol. The van der Waals surface area contributed by atoms with Crippen LogP contribution >= 0.6 is 35.3 Å². The number of rotatable bonds is 6. The molecule has 0 aromatic carbocycles. The Kier molecular flexibility index (Phi) is 9.27. The van der Waals surface area contributed by atoms with Gasteiger partial charge in [-0.1, -0.05) is 0 Å². The molecule has 1 aliphatic heterocycles. The van der Waals surface area contributed by atoms with Crippen LogP contribution < -0.4 is 10.6 Å². The van der Waals surface area contributed by atoms with Crippen molar-refractivity contribution < 1.29 is 0 Å². The summed E-state index contributed by atoms with van der Waals surface area (Å²) in [6, 6.07) is 0.599. The molecular weight excluding hydrogens is 409 g/mol. The molecule has 2 N–H and O–H groups in total. The fraction of sp³-hybridized carbons (Fsp3) is 0.733. The van der Waals surface area contributed by atoms with Crippen molar-refractivity contribution in [3.05, 3.63) is 16.1 Å². The van der Waals surface area contributed by atoms with Gasteiger partial charge in [-0.15, -0.1) is 35.3 Å². The third-order valence-electron chi connectivity index (χ3n) is 3.82. The molecular formula is C15H28IN5S. The van der Waals surface area contributed by atoms with Crippen LogP contribution in [0.3, 0.4) is 0 Å². The number of aromatic nitrogens is 1. The second kappa shape index (κ2) is 10.4. The van der Waals surface area contributed by atoms with E-state index in [-0.39, 0.29) is 24.0 Å². The first-order valence-electron chi connectivity index (χ1n) is 7.82. The van der Waals surface area contributed by atoms with Crippen molar-refractivity contribution in [2.45, 2.75) is 39.2 Å². The number of aryl methyl sites for hydroxylation is 1. The van der Waals surface area contributed by atoms with Gasteiger partial charge in [-0.2, -0.15) is 0 Å². The van der Waals surface area contributed by atoms with Crippen LogP contribution in [0.5, 0.6) is 0 Å². The Morgan fingerprint density at radius 2 is 2.32 bits per heavy atom. The van der Waals surface area contributed by atoms with E-state index in [1.165, 1.54) is 19.4 Å². The molecule has 0 aliphatic carbocycles. The van der Waals surface area contributed by atoms with E-state index in [0.29, 0.717) is 6.04 Å². The van der Waals surface area contributed by atoms with Gasteiger partial charge in [0.15, 0.2) is 5.96 Å². The lowest BCUT2D eigenvalue weighted by atomic mass is 10.2. The minimum Gasteiger partial charge on any atom is -0.357 e. The molecule has 1 unspecified atom stereocenters. The van der Waals surface area contributed by atoms with Gasteiger partial charge in [-0.3, -0.25) is 4.99 Å². The van der Waals surface area contributed by atoms with E-state index in [4.69, 9.17) is 4.99 Å². The van der Waals surface area contributed by atoms with Gasteiger partial charge in [0.1, 0.15) is 0 Å². The summed E-state index contributed by atoms with van der Waals surface area (Å²) in [6.45, 7) is 7.99. The van der Waals surface area contributed by atoms with Crippen molar-refractivity contribution >= 4 is 41.3 Å². The molecule has 1 aromatic heterocycles. The molecule has 0 radical (unpaired) electrons. The average Bonchev–Trinajstić information content (AvgIpc) is 3.05. The van der Waals surface area contributed by atoms with Crippen LogP contribution in [0.1, 0.15) is 30.5 Å². The van der Waals surface area contributed by atoms with Crippen LogP contribution in [-0.2, 0) is 6.42 Å². The molecule has 1 aliphatic rings. The lowest BCUT2D eigenvalue weighted by Gasteiger charge is -2.18. The van der Waals surface area contributed by atoms with Crippen LogP contribution in [0.15, 0.2) is 10.4 Å². The van der Waals surface area contributed by atoms with Gasteiger partial charge in [-0.25, -0.2) is 4.98 Å². The van der Waals surface area contributed by atoms with Gasteiger partial charge in [0, 0.05) is 30.9 Å². The molecule has 2 rings (SSSR count). The number of thiazole rings is 1. The Balaban J connectivity index is 0.00000242. The molecule has 0 saturated carbocycles. The highest BCUT2D eigenvalue weighted by Gasteiger charge is 2.20. The van der Waals surface area contributed by atoms with E-state index in [1.54, 1.807) is 11.3 Å². The SMILES string of the molecule is CCNC(=NCC1CCCN1C)NCCc1csc(C)n1.I. The summed E-state index contributed by atoms with van der Waals surface area (Å²) in [4.78, 5) is 11.6. The third kappa shape index (κ3) is 6.37. The highest BCUT2D eigenvalue weighted by molar-refractivity contribution is 14.0. The van der Waals surface area contributed by atoms with Crippen molar-refractivity contribution in [3.8, 4) is 0 Å². The lowest BCUT2D eigenvalue weighted by Crippen LogP contribution is -2.39. The molecule has 1 fully saturated rings. The van der Waals surface area contributed by atoms with E-state index in [1.807, 2.05) is 6.92 Å². The largest absolute Gasteiger partial charge is 0.357 e. The van der Waals surface area contributed by atoms with Crippen molar-refractivity contribution in [3.63, 3.8) is 0 Å². The minimum atomic E-state index is 0. The van der Waals surface area contributed by atoms with Crippen molar-refractivity contribution in [2.24, 2.45) is 4.99 Å². The maximum Gasteiger partial charge on any atom is 0.191 e. The fourth-order valence-corrected chi connectivity index (χ4v) is 3.23. The number of likely N-dealkylation sites (tertiary alicyclic amines) is 1. The molecule has 2 heterocycles. The summed E-state index contributed by atoms with van der Waals surface area (Å²) in [5.41, 5.74) is 1.16. The van der Waals surface area contributed by atoms with E-state index < -0.39 is 0 Å². The van der Waals surface area contributed by atoms with Gasteiger partial charge >= 0.3 is 0 Å². The summed E-state index contributed by atoms with van der Waals surface area (Å²) < 4.78 is 0. The molecule has 1 atom stereocenters. The first-order chi connectivity index (χ1) is 10.2. The predicted octanol–water partition coefficient (Wildman–Crippen LogP) is 2.26. The zero-order valence-electron chi connectivity index (χ0n) is 13.8.